The van der Waals surface area contributed by atoms with Gasteiger partial charge in [0.05, 0.1) is 12.2 Å². The number of ether oxygens (including phenoxy) is 2. The highest BCUT2D eigenvalue weighted by Gasteiger charge is 2.29. The van der Waals surface area contributed by atoms with Gasteiger partial charge in [-0.2, -0.15) is 13.2 Å². The van der Waals surface area contributed by atoms with E-state index in [0.717, 1.165) is 12.1 Å². The van der Waals surface area contributed by atoms with Crippen molar-refractivity contribution in [2.45, 2.75) is 25.9 Å². The quantitative estimate of drug-likeness (QED) is 0.471. The molecular formula is C19H19F4N3O2. The van der Waals surface area contributed by atoms with Crippen LogP contribution in [0, 0.1) is 5.82 Å². The van der Waals surface area contributed by atoms with Gasteiger partial charge >= 0.3 is 6.18 Å². The van der Waals surface area contributed by atoms with Crippen LogP contribution in [-0.2, 0) is 30.6 Å². The molecule has 0 fully saturated rings. The second kappa shape index (κ2) is 8.47. The fourth-order valence-electron chi connectivity index (χ4n) is 2.78. The van der Waals surface area contributed by atoms with Gasteiger partial charge in [0.2, 0.25) is 0 Å². The molecule has 3 rings (SSSR count). The van der Waals surface area contributed by atoms with E-state index in [1.165, 1.54) is 24.3 Å². The van der Waals surface area contributed by atoms with Gasteiger partial charge in [-0.1, -0.05) is 12.1 Å². The van der Waals surface area contributed by atoms with Gasteiger partial charge in [0, 0.05) is 31.3 Å². The number of hydrogen-bond donors (Lipinski definition) is 2. The molecule has 0 radical (unpaired) electrons. The number of nitrogens with one attached hydrogen (secondary N) is 2. The number of halogens is 4. The van der Waals surface area contributed by atoms with Gasteiger partial charge in [-0.3, -0.25) is 4.99 Å². The van der Waals surface area contributed by atoms with Crippen molar-refractivity contribution in [3.63, 3.8) is 0 Å². The van der Waals surface area contributed by atoms with Gasteiger partial charge in [-0.25, -0.2) is 4.39 Å². The molecule has 9 heteroatoms. The Labute approximate surface area is 159 Å². The second-order valence-corrected chi connectivity index (χ2v) is 6.14. The maximum atomic E-state index is 13.8. The molecule has 0 aliphatic carbocycles. The molecule has 2 aromatic carbocycles. The number of nitrogens with zero attached hydrogens (tertiary/aromatic N) is 1. The van der Waals surface area contributed by atoms with Crippen molar-refractivity contribution in [1.82, 2.24) is 10.6 Å². The third-order valence-electron chi connectivity index (χ3n) is 4.16. The van der Waals surface area contributed by atoms with Crippen molar-refractivity contribution in [3.8, 4) is 5.75 Å². The Morgan fingerprint density at radius 3 is 2.50 bits per heavy atom. The molecule has 5 nitrogen and oxygen atoms in total. The van der Waals surface area contributed by atoms with E-state index >= 15 is 0 Å². The van der Waals surface area contributed by atoms with Crippen molar-refractivity contribution in [3.05, 3.63) is 64.5 Å². The summed E-state index contributed by atoms with van der Waals surface area (Å²) in [6.45, 7) is 0.920. The maximum Gasteiger partial charge on any atom is 0.416 e. The van der Waals surface area contributed by atoms with Gasteiger partial charge in [-0.05, 0) is 29.8 Å². The zero-order valence-electron chi connectivity index (χ0n) is 15.1. The molecule has 0 saturated carbocycles. The van der Waals surface area contributed by atoms with Crippen LogP contribution in [-0.4, -0.2) is 19.8 Å². The molecule has 150 valence electrons. The first-order valence-electron chi connectivity index (χ1n) is 8.49. The summed E-state index contributed by atoms with van der Waals surface area (Å²) in [4.78, 5) is 4.06. The minimum atomic E-state index is -4.36. The molecular weight excluding hydrogens is 378 g/mol. The second-order valence-electron chi connectivity index (χ2n) is 6.14. The number of guanidine groups is 1. The minimum absolute atomic E-state index is 0.104. The topological polar surface area (TPSA) is 54.9 Å². The lowest BCUT2D eigenvalue weighted by atomic mass is 10.1. The van der Waals surface area contributed by atoms with E-state index in [0.29, 0.717) is 28.4 Å². The molecule has 0 atom stereocenters. The SMILES string of the molecule is CN=C(NCc1ccc(C(F)(F)F)cc1)NCc1cc(F)cc2c1OCOC2. The van der Waals surface area contributed by atoms with Crippen LogP contribution in [0.15, 0.2) is 41.4 Å². The van der Waals surface area contributed by atoms with Gasteiger partial charge in [0.25, 0.3) is 0 Å². The Kier molecular flexibility index (Phi) is 6.03. The fourth-order valence-corrected chi connectivity index (χ4v) is 2.78. The largest absolute Gasteiger partial charge is 0.467 e. The van der Waals surface area contributed by atoms with Crippen LogP contribution in [0.3, 0.4) is 0 Å². The molecule has 0 amide bonds. The summed E-state index contributed by atoms with van der Waals surface area (Å²) >= 11 is 0. The summed E-state index contributed by atoms with van der Waals surface area (Å²) < 4.78 is 62.2. The molecule has 28 heavy (non-hydrogen) atoms. The lowest BCUT2D eigenvalue weighted by Gasteiger charge is -2.21. The summed E-state index contributed by atoms with van der Waals surface area (Å²) in [6, 6.07) is 7.62. The predicted molar refractivity (Wildman–Crippen MR) is 95.2 cm³/mol. The van der Waals surface area contributed by atoms with E-state index in [4.69, 9.17) is 9.47 Å². The number of rotatable bonds is 4. The summed E-state index contributed by atoms with van der Waals surface area (Å²) in [6.07, 6.45) is -4.36. The predicted octanol–water partition coefficient (Wildman–Crippen LogP) is 3.58. The van der Waals surface area contributed by atoms with Crippen LogP contribution in [0.2, 0.25) is 0 Å². The van der Waals surface area contributed by atoms with Crippen LogP contribution in [0.1, 0.15) is 22.3 Å². The number of fused-ring (bicyclic) bond motifs is 1. The molecule has 1 aliphatic heterocycles. The highest BCUT2D eigenvalue weighted by atomic mass is 19.4. The zero-order chi connectivity index (χ0) is 20.1. The van der Waals surface area contributed by atoms with E-state index in [1.807, 2.05) is 0 Å². The molecule has 0 unspecified atom stereocenters. The van der Waals surface area contributed by atoms with Crippen LogP contribution < -0.4 is 15.4 Å². The van der Waals surface area contributed by atoms with Gasteiger partial charge in [0.15, 0.2) is 12.8 Å². The minimum Gasteiger partial charge on any atom is -0.467 e. The summed E-state index contributed by atoms with van der Waals surface area (Å²) in [5.74, 6) is 0.612. The first-order valence-corrected chi connectivity index (χ1v) is 8.49. The maximum absolute atomic E-state index is 13.8. The summed E-state index contributed by atoms with van der Waals surface area (Å²) in [5.41, 5.74) is 1.23. The van der Waals surface area contributed by atoms with Crippen molar-refractivity contribution >= 4 is 5.96 Å². The van der Waals surface area contributed by atoms with E-state index in [9.17, 15) is 17.6 Å². The van der Waals surface area contributed by atoms with E-state index in [1.54, 1.807) is 7.05 Å². The van der Waals surface area contributed by atoms with Gasteiger partial charge in [0.1, 0.15) is 11.6 Å². The first kappa shape index (κ1) is 19.9. The van der Waals surface area contributed by atoms with Gasteiger partial charge < -0.3 is 20.1 Å². The summed E-state index contributed by atoms with van der Waals surface area (Å²) in [7, 11) is 1.56. The average molecular weight is 397 g/mol. The third-order valence-corrected chi connectivity index (χ3v) is 4.16. The standard InChI is InChI=1S/C19H19F4N3O2/c1-24-18(25-8-12-2-4-15(5-3-12)19(21,22)23)26-9-13-6-16(20)7-14-10-27-11-28-17(13)14/h2-7H,8-11H2,1H3,(H2,24,25,26). The van der Waals surface area contributed by atoms with Crippen molar-refractivity contribution in [2.75, 3.05) is 13.8 Å². The zero-order valence-corrected chi connectivity index (χ0v) is 15.1. The number of alkyl halides is 3. The number of benzene rings is 2. The fraction of sp³-hybridized carbons (Fsp3) is 0.316. The normalized spacial score (nSPS) is 14.2. The Balaban J connectivity index is 1.59. The first-order chi connectivity index (χ1) is 13.4. The number of hydrogen-bond acceptors (Lipinski definition) is 3. The van der Waals surface area contributed by atoms with E-state index < -0.39 is 17.6 Å². The highest BCUT2D eigenvalue weighted by Crippen LogP contribution is 2.30. The van der Waals surface area contributed by atoms with Crippen LogP contribution >= 0.6 is 0 Å². The van der Waals surface area contributed by atoms with E-state index in [-0.39, 0.29) is 26.5 Å². The van der Waals surface area contributed by atoms with Crippen LogP contribution in [0.5, 0.6) is 5.75 Å². The molecule has 2 aromatic rings. The Bertz CT molecular complexity index is 851. The van der Waals surface area contributed by atoms with Crippen molar-refractivity contribution in [2.24, 2.45) is 4.99 Å². The monoisotopic (exact) mass is 397 g/mol. The lowest BCUT2D eigenvalue weighted by Crippen LogP contribution is -2.36. The third kappa shape index (κ3) is 4.92. The molecule has 1 heterocycles. The highest BCUT2D eigenvalue weighted by molar-refractivity contribution is 5.79. The Morgan fingerprint density at radius 1 is 1.11 bits per heavy atom. The van der Waals surface area contributed by atoms with Crippen molar-refractivity contribution in [1.29, 1.82) is 0 Å². The molecule has 0 aromatic heterocycles. The molecule has 0 saturated heterocycles. The number of aliphatic imine (C=N–C) groups is 1. The van der Waals surface area contributed by atoms with Gasteiger partial charge in [-0.15, -0.1) is 0 Å². The Hall–Kier alpha value is -2.81. The van der Waals surface area contributed by atoms with E-state index in [2.05, 4.69) is 15.6 Å². The molecule has 2 N–H and O–H groups in total. The van der Waals surface area contributed by atoms with Crippen LogP contribution in [0.25, 0.3) is 0 Å². The molecule has 1 aliphatic rings. The molecule has 0 spiro atoms. The summed E-state index contributed by atoms with van der Waals surface area (Å²) in [5, 5.41) is 6.05. The smallest absolute Gasteiger partial charge is 0.416 e. The van der Waals surface area contributed by atoms with Crippen LogP contribution in [0.4, 0.5) is 17.6 Å². The lowest BCUT2D eigenvalue weighted by molar-refractivity contribution is -0.137. The molecule has 0 bridgehead atoms. The van der Waals surface area contributed by atoms with Crippen molar-refractivity contribution < 1.29 is 27.0 Å². The Morgan fingerprint density at radius 2 is 1.82 bits per heavy atom. The average Bonchev–Trinajstić information content (AvgIpc) is 2.67.